The zero-order valence-electron chi connectivity index (χ0n) is 15.7. The van der Waals surface area contributed by atoms with Gasteiger partial charge in [0, 0.05) is 22.8 Å². The predicted molar refractivity (Wildman–Crippen MR) is 119 cm³/mol. The van der Waals surface area contributed by atoms with E-state index < -0.39 is 0 Å². The molecule has 1 aromatic carbocycles. The highest BCUT2D eigenvalue weighted by molar-refractivity contribution is 9.10. The lowest BCUT2D eigenvalue weighted by Gasteiger charge is -2.10. The molecule has 0 aliphatic heterocycles. The molecule has 0 unspecified atom stereocenters. The molecular weight excluding hydrogens is 452 g/mol. The van der Waals surface area contributed by atoms with Gasteiger partial charge in [-0.05, 0) is 31.2 Å². The number of nitrogens with one attached hydrogen (secondary N) is 1. The third-order valence-electron chi connectivity index (χ3n) is 3.65. The highest BCUT2D eigenvalue weighted by atomic mass is 79.9. The molecule has 0 saturated heterocycles. The summed E-state index contributed by atoms with van der Waals surface area (Å²) in [7, 11) is 0. The SMILES string of the molecule is C=C(C)Cn1c(SCC(=O)N/N=C\c2ccccn2)nnc1-c1ccc(Br)cc1. The third kappa shape index (κ3) is 6.10. The first-order valence-corrected chi connectivity index (χ1v) is 10.5. The molecular formula is C20H19BrN6OS. The van der Waals surface area contributed by atoms with E-state index in [1.165, 1.54) is 18.0 Å². The van der Waals surface area contributed by atoms with Crippen LogP contribution in [0.1, 0.15) is 12.6 Å². The maximum absolute atomic E-state index is 12.1. The molecule has 1 N–H and O–H groups in total. The summed E-state index contributed by atoms with van der Waals surface area (Å²) in [5, 5.41) is 13.1. The Bertz CT molecular complexity index is 1020. The van der Waals surface area contributed by atoms with Crippen LogP contribution in [-0.2, 0) is 11.3 Å². The first kappa shape index (κ1) is 20.9. The fraction of sp³-hybridized carbons (Fsp3) is 0.150. The molecule has 0 saturated carbocycles. The normalized spacial score (nSPS) is 11.0. The number of halogens is 1. The van der Waals surface area contributed by atoms with Gasteiger partial charge in [0.1, 0.15) is 0 Å². The lowest BCUT2D eigenvalue weighted by molar-refractivity contribution is -0.118. The lowest BCUT2D eigenvalue weighted by atomic mass is 10.2. The number of nitrogens with zero attached hydrogens (tertiary/aromatic N) is 5. The number of hydrogen-bond donors (Lipinski definition) is 1. The van der Waals surface area contributed by atoms with Crippen molar-refractivity contribution >= 4 is 39.8 Å². The first-order valence-electron chi connectivity index (χ1n) is 8.72. The van der Waals surface area contributed by atoms with Crippen molar-refractivity contribution in [3.8, 4) is 11.4 Å². The second-order valence-electron chi connectivity index (χ2n) is 6.19. The quantitative estimate of drug-likeness (QED) is 0.233. The number of amides is 1. The standard InChI is InChI=1S/C20H19BrN6OS/c1-14(2)12-27-19(15-6-8-16(21)9-7-15)25-26-20(27)29-13-18(28)24-23-11-17-5-3-4-10-22-17/h3-11H,1,12-13H2,2H3,(H,24,28)/b23-11-. The minimum atomic E-state index is -0.239. The summed E-state index contributed by atoms with van der Waals surface area (Å²) in [6.07, 6.45) is 3.16. The second-order valence-corrected chi connectivity index (χ2v) is 8.05. The van der Waals surface area contributed by atoms with Crippen molar-refractivity contribution in [3.05, 3.63) is 71.0 Å². The summed E-state index contributed by atoms with van der Waals surface area (Å²) in [6.45, 7) is 6.50. The molecule has 2 heterocycles. The van der Waals surface area contributed by atoms with Gasteiger partial charge in [-0.2, -0.15) is 5.10 Å². The van der Waals surface area contributed by atoms with Crippen LogP contribution >= 0.6 is 27.7 Å². The number of carbonyl (C=O) groups is 1. The predicted octanol–water partition coefficient (Wildman–Crippen LogP) is 3.92. The summed E-state index contributed by atoms with van der Waals surface area (Å²) < 4.78 is 2.95. The number of aromatic nitrogens is 4. The van der Waals surface area contributed by atoms with Crippen LogP contribution in [0.15, 0.2) is 75.5 Å². The molecule has 29 heavy (non-hydrogen) atoms. The number of rotatable bonds is 8. The first-order chi connectivity index (χ1) is 14.0. The van der Waals surface area contributed by atoms with Crippen molar-refractivity contribution in [2.45, 2.75) is 18.6 Å². The molecule has 1 amide bonds. The summed E-state index contributed by atoms with van der Waals surface area (Å²) >= 11 is 4.74. The van der Waals surface area contributed by atoms with E-state index in [-0.39, 0.29) is 11.7 Å². The van der Waals surface area contributed by atoms with E-state index in [4.69, 9.17) is 0 Å². The molecule has 0 aliphatic rings. The van der Waals surface area contributed by atoms with E-state index in [1.807, 2.05) is 47.9 Å². The van der Waals surface area contributed by atoms with E-state index in [9.17, 15) is 4.79 Å². The van der Waals surface area contributed by atoms with Crippen LogP contribution in [0.2, 0.25) is 0 Å². The Balaban J connectivity index is 1.66. The van der Waals surface area contributed by atoms with Gasteiger partial charge in [0.2, 0.25) is 0 Å². The Morgan fingerprint density at radius 1 is 1.28 bits per heavy atom. The van der Waals surface area contributed by atoms with Crippen molar-refractivity contribution in [1.29, 1.82) is 0 Å². The van der Waals surface area contributed by atoms with Crippen LogP contribution in [-0.4, -0.2) is 37.6 Å². The number of hydrogen-bond acceptors (Lipinski definition) is 6. The number of pyridine rings is 1. The van der Waals surface area contributed by atoms with Gasteiger partial charge in [-0.25, -0.2) is 5.43 Å². The van der Waals surface area contributed by atoms with Gasteiger partial charge >= 0.3 is 0 Å². The Hall–Kier alpha value is -2.78. The van der Waals surface area contributed by atoms with Gasteiger partial charge in [0.15, 0.2) is 11.0 Å². The van der Waals surface area contributed by atoms with Crippen molar-refractivity contribution in [1.82, 2.24) is 25.2 Å². The molecule has 0 spiro atoms. The molecule has 3 aromatic rings. The van der Waals surface area contributed by atoms with Crippen molar-refractivity contribution in [3.63, 3.8) is 0 Å². The van der Waals surface area contributed by atoms with Crippen molar-refractivity contribution in [2.24, 2.45) is 5.10 Å². The van der Waals surface area contributed by atoms with E-state index in [2.05, 4.69) is 48.2 Å². The fourth-order valence-corrected chi connectivity index (χ4v) is 3.40. The third-order valence-corrected chi connectivity index (χ3v) is 5.15. The molecule has 0 atom stereocenters. The molecule has 3 rings (SSSR count). The Labute approximate surface area is 181 Å². The number of hydrazone groups is 1. The number of benzene rings is 1. The molecule has 0 radical (unpaired) electrons. The van der Waals surface area contributed by atoms with Crippen LogP contribution in [0.25, 0.3) is 11.4 Å². The number of thioether (sulfide) groups is 1. The number of allylic oxidation sites excluding steroid dienone is 1. The van der Waals surface area contributed by atoms with Gasteiger partial charge in [-0.3, -0.25) is 14.3 Å². The average Bonchev–Trinajstić information content (AvgIpc) is 3.09. The summed E-state index contributed by atoms with van der Waals surface area (Å²) in [4.78, 5) is 16.2. The highest BCUT2D eigenvalue weighted by Gasteiger charge is 2.15. The highest BCUT2D eigenvalue weighted by Crippen LogP contribution is 2.26. The van der Waals surface area contributed by atoms with Crippen molar-refractivity contribution in [2.75, 3.05) is 5.75 Å². The van der Waals surface area contributed by atoms with Crippen LogP contribution < -0.4 is 5.43 Å². The fourth-order valence-electron chi connectivity index (χ4n) is 2.41. The van der Waals surface area contributed by atoms with E-state index in [0.29, 0.717) is 17.4 Å². The largest absolute Gasteiger partial charge is 0.298 e. The topological polar surface area (TPSA) is 85.1 Å². The van der Waals surface area contributed by atoms with Crippen LogP contribution in [0.4, 0.5) is 0 Å². The monoisotopic (exact) mass is 470 g/mol. The molecule has 0 aliphatic carbocycles. The molecule has 0 bridgehead atoms. The van der Waals surface area contributed by atoms with Crippen LogP contribution in [0, 0.1) is 0 Å². The zero-order valence-corrected chi connectivity index (χ0v) is 18.2. The van der Waals surface area contributed by atoms with Gasteiger partial charge < -0.3 is 0 Å². The van der Waals surface area contributed by atoms with Crippen molar-refractivity contribution < 1.29 is 4.79 Å². The molecule has 0 fully saturated rings. The Morgan fingerprint density at radius 2 is 2.07 bits per heavy atom. The van der Waals surface area contributed by atoms with Crippen LogP contribution in [0.5, 0.6) is 0 Å². The maximum atomic E-state index is 12.1. The maximum Gasteiger partial charge on any atom is 0.250 e. The summed E-state index contributed by atoms with van der Waals surface area (Å²) in [6, 6.07) is 13.3. The minimum absolute atomic E-state index is 0.161. The second kappa shape index (κ2) is 10.1. The minimum Gasteiger partial charge on any atom is -0.298 e. The Kier molecular flexibility index (Phi) is 7.31. The van der Waals surface area contributed by atoms with E-state index >= 15 is 0 Å². The summed E-state index contributed by atoms with van der Waals surface area (Å²) in [5.74, 6) is 0.655. The summed E-state index contributed by atoms with van der Waals surface area (Å²) in [5.41, 5.74) is 5.07. The van der Waals surface area contributed by atoms with E-state index in [1.54, 1.807) is 12.3 Å². The van der Waals surface area contributed by atoms with Gasteiger partial charge in [-0.15, -0.1) is 10.2 Å². The zero-order chi connectivity index (χ0) is 20.6. The van der Waals surface area contributed by atoms with E-state index in [0.717, 1.165) is 21.4 Å². The molecule has 2 aromatic heterocycles. The van der Waals surface area contributed by atoms with Gasteiger partial charge in [0.05, 0.1) is 17.7 Å². The lowest BCUT2D eigenvalue weighted by Crippen LogP contribution is -2.20. The van der Waals surface area contributed by atoms with Gasteiger partial charge in [0.25, 0.3) is 5.91 Å². The average molecular weight is 471 g/mol. The molecule has 148 valence electrons. The van der Waals surface area contributed by atoms with Crippen LogP contribution in [0.3, 0.4) is 0 Å². The Morgan fingerprint density at radius 3 is 2.76 bits per heavy atom. The molecule has 9 heteroatoms. The van der Waals surface area contributed by atoms with Gasteiger partial charge in [-0.1, -0.05) is 58.0 Å². The smallest absolute Gasteiger partial charge is 0.250 e. The number of carbonyl (C=O) groups excluding carboxylic acids is 1. The molecule has 7 nitrogen and oxygen atoms in total.